The molecule has 2 heterocycles. The maximum atomic E-state index is 12.5. The lowest BCUT2D eigenvalue weighted by atomic mass is 10.1. The van der Waals surface area contributed by atoms with E-state index in [0.717, 1.165) is 42.4 Å². The van der Waals surface area contributed by atoms with E-state index in [-0.39, 0.29) is 11.5 Å². The van der Waals surface area contributed by atoms with Crippen molar-refractivity contribution in [3.8, 4) is 6.07 Å². The standard InChI is InChI=1S/C19H21N3O/c1-14(2)22-13-16(17-7-3-4-8-18(17)22)11-15(12-20)19(23)21-9-5-6-10-21/h3-4,7-8,11,13-14H,5-6,9-10H2,1-2H3/b15-11+. The molecule has 1 aliphatic heterocycles. The fraction of sp³-hybridized carbons (Fsp3) is 0.368. The molecule has 1 aliphatic rings. The van der Waals surface area contributed by atoms with Gasteiger partial charge in [0.2, 0.25) is 0 Å². The number of likely N-dealkylation sites (tertiary alicyclic amines) is 1. The highest BCUT2D eigenvalue weighted by Crippen LogP contribution is 2.26. The molecular weight excluding hydrogens is 286 g/mol. The number of para-hydroxylation sites is 1. The monoisotopic (exact) mass is 307 g/mol. The Bertz CT molecular complexity index is 802. The summed E-state index contributed by atoms with van der Waals surface area (Å²) in [7, 11) is 0. The van der Waals surface area contributed by atoms with Crippen LogP contribution in [0.5, 0.6) is 0 Å². The molecule has 1 saturated heterocycles. The Balaban J connectivity index is 2.05. The summed E-state index contributed by atoms with van der Waals surface area (Å²) in [4.78, 5) is 14.3. The van der Waals surface area contributed by atoms with Crippen LogP contribution in [0.15, 0.2) is 36.0 Å². The predicted octanol–water partition coefficient (Wildman–Crippen LogP) is 3.75. The van der Waals surface area contributed by atoms with Crippen molar-refractivity contribution < 1.29 is 4.79 Å². The number of carbonyl (C=O) groups excluding carboxylic acids is 1. The van der Waals surface area contributed by atoms with Crippen molar-refractivity contribution in [3.05, 3.63) is 41.6 Å². The zero-order valence-corrected chi connectivity index (χ0v) is 13.6. The molecule has 1 fully saturated rings. The summed E-state index contributed by atoms with van der Waals surface area (Å²) in [5.41, 5.74) is 2.27. The summed E-state index contributed by atoms with van der Waals surface area (Å²) in [5, 5.41) is 10.5. The minimum absolute atomic E-state index is 0.147. The normalized spacial score (nSPS) is 15.4. The number of fused-ring (bicyclic) bond motifs is 1. The van der Waals surface area contributed by atoms with E-state index >= 15 is 0 Å². The molecule has 1 aromatic heterocycles. The van der Waals surface area contributed by atoms with Crippen LogP contribution >= 0.6 is 0 Å². The molecule has 4 heteroatoms. The van der Waals surface area contributed by atoms with Gasteiger partial charge < -0.3 is 9.47 Å². The Labute approximate surface area is 136 Å². The summed E-state index contributed by atoms with van der Waals surface area (Å²) in [6.07, 6.45) is 5.82. The van der Waals surface area contributed by atoms with E-state index in [1.807, 2.05) is 24.4 Å². The first kappa shape index (κ1) is 15.4. The van der Waals surface area contributed by atoms with Crippen molar-refractivity contribution in [3.63, 3.8) is 0 Å². The molecule has 0 aliphatic carbocycles. The van der Waals surface area contributed by atoms with E-state index in [1.54, 1.807) is 11.0 Å². The summed E-state index contributed by atoms with van der Waals surface area (Å²) in [5.74, 6) is -0.147. The molecule has 3 rings (SSSR count). The molecule has 2 aromatic rings. The molecule has 0 spiro atoms. The summed E-state index contributed by atoms with van der Waals surface area (Å²) in [6.45, 7) is 5.76. The van der Waals surface area contributed by atoms with Gasteiger partial charge in [0.05, 0.1) is 0 Å². The number of nitriles is 1. The topological polar surface area (TPSA) is 49.0 Å². The van der Waals surface area contributed by atoms with Crippen molar-refractivity contribution in [2.24, 2.45) is 0 Å². The Morgan fingerprint density at radius 1 is 1.26 bits per heavy atom. The fourth-order valence-electron chi connectivity index (χ4n) is 3.16. The van der Waals surface area contributed by atoms with Crippen LogP contribution in [0.3, 0.4) is 0 Å². The van der Waals surface area contributed by atoms with E-state index in [2.05, 4.69) is 30.6 Å². The van der Waals surface area contributed by atoms with Crippen molar-refractivity contribution in [1.29, 1.82) is 5.26 Å². The Morgan fingerprint density at radius 2 is 1.96 bits per heavy atom. The smallest absolute Gasteiger partial charge is 0.264 e. The van der Waals surface area contributed by atoms with Crippen LogP contribution in [0.2, 0.25) is 0 Å². The highest BCUT2D eigenvalue weighted by Gasteiger charge is 2.22. The molecule has 0 radical (unpaired) electrons. The summed E-state index contributed by atoms with van der Waals surface area (Å²) >= 11 is 0. The molecule has 4 nitrogen and oxygen atoms in total. The number of rotatable bonds is 3. The minimum atomic E-state index is -0.147. The van der Waals surface area contributed by atoms with Crippen molar-refractivity contribution >= 4 is 22.9 Å². The zero-order valence-electron chi connectivity index (χ0n) is 13.6. The fourth-order valence-corrected chi connectivity index (χ4v) is 3.16. The zero-order chi connectivity index (χ0) is 16.4. The first-order valence-electron chi connectivity index (χ1n) is 8.12. The van der Waals surface area contributed by atoms with E-state index < -0.39 is 0 Å². The molecule has 0 bridgehead atoms. The molecule has 0 unspecified atom stereocenters. The lowest BCUT2D eigenvalue weighted by molar-refractivity contribution is -0.125. The maximum absolute atomic E-state index is 12.5. The highest BCUT2D eigenvalue weighted by atomic mass is 16.2. The largest absolute Gasteiger partial charge is 0.344 e. The van der Waals surface area contributed by atoms with Crippen molar-refractivity contribution in [2.45, 2.75) is 32.7 Å². The van der Waals surface area contributed by atoms with Crippen LogP contribution in [0.1, 0.15) is 38.3 Å². The van der Waals surface area contributed by atoms with Crippen molar-refractivity contribution in [2.75, 3.05) is 13.1 Å². The van der Waals surface area contributed by atoms with Gasteiger partial charge in [0.15, 0.2) is 0 Å². The van der Waals surface area contributed by atoms with E-state index in [4.69, 9.17) is 0 Å². The number of aromatic nitrogens is 1. The van der Waals surface area contributed by atoms with Crippen LogP contribution in [0, 0.1) is 11.3 Å². The van der Waals surface area contributed by atoms with Crippen LogP contribution in [-0.4, -0.2) is 28.5 Å². The van der Waals surface area contributed by atoms with Crippen LogP contribution < -0.4 is 0 Å². The van der Waals surface area contributed by atoms with Crippen molar-refractivity contribution in [1.82, 2.24) is 9.47 Å². The van der Waals surface area contributed by atoms with E-state index in [0.29, 0.717) is 6.04 Å². The first-order chi connectivity index (χ1) is 11.1. The second-order valence-corrected chi connectivity index (χ2v) is 6.27. The Kier molecular flexibility index (Phi) is 4.20. The van der Waals surface area contributed by atoms with E-state index in [9.17, 15) is 10.1 Å². The van der Waals surface area contributed by atoms with Gasteiger partial charge in [-0.3, -0.25) is 4.79 Å². The number of nitrogens with zero attached hydrogens (tertiary/aromatic N) is 3. The molecule has 1 aromatic carbocycles. The summed E-state index contributed by atoms with van der Waals surface area (Å²) < 4.78 is 2.18. The Morgan fingerprint density at radius 3 is 2.61 bits per heavy atom. The predicted molar refractivity (Wildman–Crippen MR) is 91.7 cm³/mol. The molecular formula is C19H21N3O. The quantitative estimate of drug-likeness (QED) is 0.640. The molecule has 118 valence electrons. The van der Waals surface area contributed by atoms with Gasteiger partial charge >= 0.3 is 0 Å². The SMILES string of the molecule is CC(C)n1cc(/C=C(\C#N)C(=O)N2CCCC2)c2ccccc21. The molecule has 0 N–H and O–H groups in total. The third-order valence-corrected chi connectivity index (χ3v) is 4.37. The number of benzene rings is 1. The lowest BCUT2D eigenvalue weighted by Crippen LogP contribution is -2.28. The number of hydrogen-bond donors (Lipinski definition) is 0. The van der Waals surface area contributed by atoms with Crippen LogP contribution in [0.4, 0.5) is 0 Å². The van der Waals surface area contributed by atoms with Gasteiger partial charge in [0, 0.05) is 41.8 Å². The minimum Gasteiger partial charge on any atom is -0.344 e. The second kappa shape index (κ2) is 6.29. The van der Waals surface area contributed by atoms with Gasteiger partial charge in [-0.15, -0.1) is 0 Å². The molecule has 0 saturated carbocycles. The average molecular weight is 307 g/mol. The average Bonchev–Trinajstić information content (AvgIpc) is 3.20. The molecule has 1 amide bonds. The van der Waals surface area contributed by atoms with Gasteiger partial charge in [-0.1, -0.05) is 18.2 Å². The van der Waals surface area contributed by atoms with Crippen LogP contribution in [0.25, 0.3) is 17.0 Å². The van der Waals surface area contributed by atoms with Crippen LogP contribution in [-0.2, 0) is 4.79 Å². The third-order valence-electron chi connectivity index (χ3n) is 4.37. The first-order valence-corrected chi connectivity index (χ1v) is 8.12. The third kappa shape index (κ3) is 2.87. The second-order valence-electron chi connectivity index (χ2n) is 6.27. The van der Waals surface area contributed by atoms with Gasteiger partial charge in [-0.25, -0.2) is 0 Å². The highest BCUT2D eigenvalue weighted by molar-refractivity contribution is 6.04. The van der Waals surface area contributed by atoms with Gasteiger partial charge in [0.1, 0.15) is 11.6 Å². The lowest BCUT2D eigenvalue weighted by Gasteiger charge is -2.13. The molecule has 0 atom stereocenters. The number of amides is 1. The van der Waals surface area contributed by atoms with Gasteiger partial charge in [0.25, 0.3) is 5.91 Å². The summed E-state index contributed by atoms with van der Waals surface area (Å²) in [6, 6.07) is 10.5. The van der Waals surface area contributed by atoms with E-state index in [1.165, 1.54) is 0 Å². The molecule has 23 heavy (non-hydrogen) atoms. The number of carbonyl (C=O) groups is 1. The van der Waals surface area contributed by atoms with Gasteiger partial charge in [-0.05, 0) is 38.8 Å². The maximum Gasteiger partial charge on any atom is 0.264 e. The Hall–Kier alpha value is -2.54. The number of hydrogen-bond acceptors (Lipinski definition) is 2. The van der Waals surface area contributed by atoms with Gasteiger partial charge in [-0.2, -0.15) is 5.26 Å².